The predicted molar refractivity (Wildman–Crippen MR) is 105 cm³/mol. The van der Waals surface area contributed by atoms with E-state index in [2.05, 4.69) is 10.3 Å². The van der Waals surface area contributed by atoms with Crippen LogP contribution in [0.1, 0.15) is 16.7 Å². The molecule has 1 saturated heterocycles. The lowest BCUT2D eigenvalue weighted by molar-refractivity contribution is -0.137. The van der Waals surface area contributed by atoms with Crippen molar-refractivity contribution in [2.75, 3.05) is 13.1 Å². The maximum Gasteiger partial charge on any atom is 0.416 e. The fourth-order valence-corrected chi connectivity index (χ4v) is 3.58. The number of thioether (sulfide) groups is 1. The number of imide groups is 1. The van der Waals surface area contributed by atoms with Crippen molar-refractivity contribution >= 4 is 34.9 Å². The number of carbonyl (C=O) groups excluding carboxylic acids is 3. The Balaban J connectivity index is 1.52. The van der Waals surface area contributed by atoms with Gasteiger partial charge in [-0.15, -0.1) is 0 Å². The molecule has 156 valence electrons. The number of alkyl halides is 3. The number of hydrogen-bond acceptors (Lipinski definition) is 5. The van der Waals surface area contributed by atoms with Gasteiger partial charge in [0.2, 0.25) is 5.91 Å². The van der Waals surface area contributed by atoms with Crippen molar-refractivity contribution in [3.63, 3.8) is 0 Å². The van der Waals surface area contributed by atoms with Crippen LogP contribution >= 0.6 is 11.8 Å². The van der Waals surface area contributed by atoms with E-state index in [9.17, 15) is 27.6 Å². The SMILES string of the molecule is O=C(Cc1cccc(C(F)(F)F)c1)NCCN1C(=O)S/C(=C\c2cccnc2)C1=O. The first-order chi connectivity index (χ1) is 14.2. The number of hydrogen-bond donors (Lipinski definition) is 1. The summed E-state index contributed by atoms with van der Waals surface area (Å²) >= 11 is 0.793. The van der Waals surface area contributed by atoms with E-state index in [1.165, 1.54) is 12.1 Å². The Bertz CT molecular complexity index is 994. The van der Waals surface area contributed by atoms with Crippen LogP contribution in [0.5, 0.6) is 0 Å². The summed E-state index contributed by atoms with van der Waals surface area (Å²) in [6, 6.07) is 7.96. The van der Waals surface area contributed by atoms with Gasteiger partial charge in [0.05, 0.1) is 16.9 Å². The molecule has 1 fully saturated rings. The van der Waals surface area contributed by atoms with E-state index in [4.69, 9.17) is 0 Å². The number of halogens is 3. The number of nitrogens with zero attached hydrogens (tertiary/aromatic N) is 2. The van der Waals surface area contributed by atoms with Gasteiger partial charge < -0.3 is 5.32 Å². The number of amides is 3. The summed E-state index contributed by atoms with van der Waals surface area (Å²) in [5.74, 6) is -0.979. The van der Waals surface area contributed by atoms with E-state index in [1.807, 2.05) is 0 Å². The number of rotatable bonds is 6. The van der Waals surface area contributed by atoms with Crippen molar-refractivity contribution in [2.24, 2.45) is 0 Å². The van der Waals surface area contributed by atoms with Gasteiger partial charge in [0.15, 0.2) is 0 Å². The molecule has 3 rings (SSSR count). The number of benzene rings is 1. The zero-order valence-electron chi connectivity index (χ0n) is 15.5. The molecule has 0 radical (unpaired) electrons. The van der Waals surface area contributed by atoms with Crippen LogP contribution in [0.25, 0.3) is 6.08 Å². The van der Waals surface area contributed by atoms with E-state index >= 15 is 0 Å². The molecule has 1 aromatic carbocycles. The van der Waals surface area contributed by atoms with Gasteiger partial charge in [-0.1, -0.05) is 24.3 Å². The minimum Gasteiger partial charge on any atom is -0.354 e. The minimum absolute atomic E-state index is 0.00396. The maximum atomic E-state index is 12.7. The Morgan fingerprint density at radius 3 is 2.70 bits per heavy atom. The second kappa shape index (κ2) is 9.12. The molecule has 1 aliphatic rings. The lowest BCUT2D eigenvalue weighted by Crippen LogP contribution is -2.37. The molecule has 0 bridgehead atoms. The van der Waals surface area contributed by atoms with Gasteiger partial charge in [0.1, 0.15) is 0 Å². The standard InChI is InChI=1S/C20H16F3N3O3S/c21-20(22,23)15-5-1-3-13(9-15)11-17(27)25-7-8-26-18(28)16(30-19(26)29)10-14-4-2-6-24-12-14/h1-6,9-10,12H,7-8,11H2,(H,25,27)/b16-10-. The molecular weight excluding hydrogens is 419 g/mol. The van der Waals surface area contributed by atoms with Crippen LogP contribution in [0.4, 0.5) is 18.0 Å². The highest BCUT2D eigenvalue weighted by Gasteiger charge is 2.34. The van der Waals surface area contributed by atoms with Crippen LogP contribution in [-0.2, 0) is 22.2 Å². The van der Waals surface area contributed by atoms with Gasteiger partial charge in [-0.3, -0.25) is 24.3 Å². The lowest BCUT2D eigenvalue weighted by Gasteiger charge is -2.13. The van der Waals surface area contributed by atoms with Gasteiger partial charge >= 0.3 is 6.18 Å². The molecule has 3 amide bonds. The van der Waals surface area contributed by atoms with Crippen molar-refractivity contribution in [1.29, 1.82) is 0 Å². The first-order valence-electron chi connectivity index (χ1n) is 8.82. The number of pyridine rings is 1. The second-order valence-electron chi connectivity index (χ2n) is 6.34. The van der Waals surface area contributed by atoms with E-state index in [0.29, 0.717) is 5.56 Å². The number of aromatic nitrogens is 1. The molecule has 6 nitrogen and oxygen atoms in total. The van der Waals surface area contributed by atoms with Gasteiger partial charge in [-0.25, -0.2) is 0 Å². The predicted octanol–water partition coefficient (Wildman–Crippen LogP) is 3.50. The maximum absolute atomic E-state index is 12.7. The monoisotopic (exact) mass is 435 g/mol. The van der Waals surface area contributed by atoms with Crippen LogP contribution in [0.15, 0.2) is 53.7 Å². The summed E-state index contributed by atoms with van der Waals surface area (Å²) in [7, 11) is 0. The lowest BCUT2D eigenvalue weighted by atomic mass is 10.1. The van der Waals surface area contributed by atoms with E-state index in [-0.39, 0.29) is 30.0 Å². The molecule has 0 atom stereocenters. The molecule has 0 aliphatic carbocycles. The highest BCUT2D eigenvalue weighted by Crippen LogP contribution is 2.32. The zero-order valence-corrected chi connectivity index (χ0v) is 16.3. The summed E-state index contributed by atoms with van der Waals surface area (Å²) in [6.45, 7) is -0.0423. The molecule has 0 saturated carbocycles. The number of carbonyl (C=O) groups is 3. The molecule has 2 heterocycles. The molecule has 0 spiro atoms. The van der Waals surface area contributed by atoms with Crippen LogP contribution in [0, 0.1) is 0 Å². The Morgan fingerprint density at radius 1 is 1.20 bits per heavy atom. The molecule has 1 aliphatic heterocycles. The number of nitrogens with one attached hydrogen (secondary N) is 1. The summed E-state index contributed by atoms with van der Waals surface area (Å²) in [5.41, 5.74) is 0.0660. The second-order valence-corrected chi connectivity index (χ2v) is 7.34. The molecular formula is C20H16F3N3O3S. The highest BCUT2D eigenvalue weighted by atomic mass is 32.2. The molecule has 10 heteroatoms. The average Bonchev–Trinajstić information content (AvgIpc) is 2.95. The smallest absolute Gasteiger partial charge is 0.354 e. The minimum atomic E-state index is -4.48. The Kier molecular flexibility index (Phi) is 6.56. The molecule has 2 aromatic rings. The summed E-state index contributed by atoms with van der Waals surface area (Å²) in [4.78, 5) is 41.7. The topological polar surface area (TPSA) is 79.4 Å². The molecule has 1 N–H and O–H groups in total. The molecule has 1 aromatic heterocycles. The van der Waals surface area contributed by atoms with Gasteiger partial charge in [-0.05, 0) is 41.1 Å². The molecule has 30 heavy (non-hydrogen) atoms. The van der Waals surface area contributed by atoms with Crippen molar-refractivity contribution in [2.45, 2.75) is 12.6 Å². The van der Waals surface area contributed by atoms with Crippen LogP contribution in [0.2, 0.25) is 0 Å². The van der Waals surface area contributed by atoms with Crippen molar-refractivity contribution in [3.8, 4) is 0 Å². The van der Waals surface area contributed by atoms with E-state index < -0.39 is 28.8 Å². The first kappa shape index (κ1) is 21.6. The van der Waals surface area contributed by atoms with Crippen molar-refractivity contribution in [1.82, 2.24) is 15.2 Å². The third-order valence-corrected chi connectivity index (χ3v) is 5.04. The third kappa shape index (κ3) is 5.47. The summed E-state index contributed by atoms with van der Waals surface area (Å²) in [5, 5.41) is 2.06. The summed E-state index contributed by atoms with van der Waals surface area (Å²) < 4.78 is 38.2. The first-order valence-corrected chi connectivity index (χ1v) is 9.64. The zero-order chi connectivity index (χ0) is 21.7. The van der Waals surface area contributed by atoms with Gasteiger partial charge in [-0.2, -0.15) is 13.2 Å². The van der Waals surface area contributed by atoms with Crippen LogP contribution < -0.4 is 5.32 Å². The van der Waals surface area contributed by atoms with Crippen molar-refractivity contribution < 1.29 is 27.6 Å². The van der Waals surface area contributed by atoms with Crippen LogP contribution in [-0.4, -0.2) is 40.0 Å². The normalized spacial score (nSPS) is 15.7. The van der Waals surface area contributed by atoms with Crippen LogP contribution in [0.3, 0.4) is 0 Å². The Labute approximate surface area is 174 Å². The average molecular weight is 435 g/mol. The van der Waals surface area contributed by atoms with E-state index in [0.717, 1.165) is 28.8 Å². The Hall–Kier alpha value is -3.14. The fraction of sp³-hybridized carbons (Fsp3) is 0.200. The summed E-state index contributed by atoms with van der Waals surface area (Å²) in [6.07, 6.45) is -0.0222. The largest absolute Gasteiger partial charge is 0.416 e. The third-order valence-electron chi connectivity index (χ3n) is 4.13. The highest BCUT2D eigenvalue weighted by molar-refractivity contribution is 8.18. The molecule has 0 unspecified atom stereocenters. The Morgan fingerprint density at radius 2 is 2.00 bits per heavy atom. The van der Waals surface area contributed by atoms with Crippen molar-refractivity contribution in [3.05, 3.63) is 70.4 Å². The van der Waals surface area contributed by atoms with Gasteiger partial charge in [0.25, 0.3) is 11.1 Å². The van der Waals surface area contributed by atoms with E-state index in [1.54, 1.807) is 30.6 Å². The van der Waals surface area contributed by atoms with Gasteiger partial charge in [0, 0.05) is 25.5 Å². The fourth-order valence-electron chi connectivity index (χ4n) is 2.72. The quantitative estimate of drug-likeness (QED) is 0.703.